The van der Waals surface area contributed by atoms with Crippen LogP contribution >= 0.6 is 0 Å². The van der Waals surface area contributed by atoms with Gasteiger partial charge in [-0.15, -0.1) is 0 Å². The van der Waals surface area contributed by atoms with Crippen molar-refractivity contribution in [2.75, 3.05) is 0 Å². The lowest BCUT2D eigenvalue weighted by atomic mass is 9.32. The zero-order chi connectivity index (χ0) is 25.9. The highest BCUT2D eigenvalue weighted by atomic mass is 16.4. The molecule has 0 spiro atoms. The largest absolute Gasteiger partial charge is 0.481 e. The van der Waals surface area contributed by atoms with E-state index < -0.39 is 11.4 Å². The second-order valence-corrected chi connectivity index (χ2v) is 15.5. The predicted octanol–water partition coefficient (Wildman–Crippen LogP) is 7.92. The summed E-state index contributed by atoms with van der Waals surface area (Å²) in [5.41, 5.74) is 3.21. The number of nitrogens with zero attached hydrogens (tertiary/aromatic N) is 1. The van der Waals surface area contributed by atoms with Gasteiger partial charge in [0.1, 0.15) is 0 Å². The van der Waals surface area contributed by atoms with Crippen LogP contribution in [0.5, 0.6) is 0 Å². The predicted molar refractivity (Wildman–Crippen MR) is 145 cm³/mol. The maximum absolute atomic E-state index is 12.9. The second-order valence-electron chi connectivity index (χ2n) is 15.5. The van der Waals surface area contributed by atoms with Gasteiger partial charge >= 0.3 is 5.97 Å². The molecular formula is C33H49NO2. The number of aliphatic carboxylic acids is 1. The lowest BCUT2D eigenvalue weighted by Crippen LogP contribution is -2.67. The first-order valence-electron chi connectivity index (χ1n) is 15.0. The quantitative estimate of drug-likeness (QED) is 0.457. The maximum atomic E-state index is 12.9. The van der Waals surface area contributed by atoms with E-state index in [1.165, 1.54) is 36.9 Å². The zero-order valence-corrected chi connectivity index (χ0v) is 23.9. The third kappa shape index (κ3) is 2.82. The Hall–Kier alpha value is -1.38. The Labute approximate surface area is 219 Å². The minimum absolute atomic E-state index is 0.0991. The zero-order valence-electron chi connectivity index (χ0n) is 23.9. The number of pyridine rings is 1. The van der Waals surface area contributed by atoms with Crippen molar-refractivity contribution in [2.45, 2.75) is 112 Å². The van der Waals surface area contributed by atoms with Gasteiger partial charge in [-0.1, -0.05) is 54.5 Å². The van der Waals surface area contributed by atoms with E-state index in [0.29, 0.717) is 35.5 Å². The first-order chi connectivity index (χ1) is 16.8. The summed E-state index contributed by atoms with van der Waals surface area (Å²) >= 11 is 0. The van der Waals surface area contributed by atoms with Crippen LogP contribution in [0.25, 0.3) is 0 Å². The number of rotatable bonds is 2. The molecule has 5 aliphatic rings. The van der Waals surface area contributed by atoms with Crippen LogP contribution in [0.1, 0.15) is 111 Å². The van der Waals surface area contributed by atoms with Crippen LogP contribution in [0.2, 0.25) is 0 Å². The Balaban J connectivity index is 1.43. The molecule has 1 aromatic heterocycles. The van der Waals surface area contributed by atoms with Crippen molar-refractivity contribution in [1.29, 1.82) is 0 Å². The van der Waals surface area contributed by atoms with E-state index in [-0.39, 0.29) is 21.7 Å². The number of carboxylic acids is 1. The monoisotopic (exact) mass is 491 g/mol. The average Bonchev–Trinajstić information content (AvgIpc) is 3.21. The lowest BCUT2D eigenvalue weighted by molar-refractivity contribution is -0.230. The molecule has 5 aliphatic carbocycles. The fourth-order valence-electron chi connectivity index (χ4n) is 12.3. The van der Waals surface area contributed by atoms with Crippen molar-refractivity contribution in [3.63, 3.8) is 0 Å². The molecule has 1 heterocycles. The summed E-state index contributed by atoms with van der Waals surface area (Å²) in [7, 11) is 0. The Morgan fingerprint density at radius 1 is 0.944 bits per heavy atom. The molecule has 9 atom stereocenters. The fraction of sp³-hybridized carbons (Fsp3) is 0.818. The van der Waals surface area contributed by atoms with Gasteiger partial charge in [0.05, 0.1) is 5.41 Å². The first-order valence-corrected chi connectivity index (χ1v) is 15.0. The van der Waals surface area contributed by atoms with Gasteiger partial charge < -0.3 is 5.11 Å². The summed E-state index contributed by atoms with van der Waals surface area (Å²) in [4.78, 5) is 17.8. The highest BCUT2D eigenvalue weighted by Crippen LogP contribution is 2.77. The molecule has 3 nitrogen and oxygen atoms in total. The van der Waals surface area contributed by atoms with Crippen LogP contribution in [0, 0.1) is 57.2 Å². The van der Waals surface area contributed by atoms with Crippen molar-refractivity contribution >= 4 is 5.97 Å². The van der Waals surface area contributed by atoms with Crippen molar-refractivity contribution in [3.05, 3.63) is 29.6 Å². The number of aromatic nitrogens is 1. The van der Waals surface area contributed by atoms with Crippen LogP contribution in [-0.4, -0.2) is 16.1 Å². The van der Waals surface area contributed by atoms with Gasteiger partial charge in [-0.25, -0.2) is 0 Å². The standard InChI is InChI=1S/C33H49NO2/c1-20(2)22-12-15-33(28(35)36)17-16-31(6)23(26(22)33)10-11-25-30(5)19-21-9-8-18-34-27(21)29(3,4)24(30)13-14-32(25,31)7/h8-9,18,20,22-26H,10-17,19H2,1-7H3,(H,35,36)/t22-,23+,24-,25+,26+,30-,31+,32+,33-/m0/s1. The Bertz CT molecular complexity index is 1080. The minimum Gasteiger partial charge on any atom is -0.481 e. The van der Waals surface area contributed by atoms with E-state index in [2.05, 4.69) is 60.6 Å². The van der Waals surface area contributed by atoms with E-state index in [9.17, 15) is 9.90 Å². The third-order valence-electron chi connectivity index (χ3n) is 14.0. The molecule has 4 saturated carbocycles. The van der Waals surface area contributed by atoms with Crippen LogP contribution in [0.4, 0.5) is 0 Å². The molecule has 0 amide bonds. The number of carbonyl (C=O) groups is 1. The van der Waals surface area contributed by atoms with Crippen LogP contribution in [0.3, 0.4) is 0 Å². The van der Waals surface area contributed by atoms with Crippen LogP contribution in [0.15, 0.2) is 18.3 Å². The van der Waals surface area contributed by atoms with Crippen molar-refractivity contribution in [3.8, 4) is 0 Å². The Morgan fingerprint density at radius 3 is 2.39 bits per heavy atom. The molecule has 6 rings (SSSR count). The average molecular weight is 492 g/mol. The normalized spacial score (nSPS) is 48.8. The second kappa shape index (κ2) is 7.60. The van der Waals surface area contributed by atoms with Crippen LogP contribution in [-0.2, 0) is 16.6 Å². The molecule has 0 aromatic carbocycles. The Morgan fingerprint density at radius 2 is 1.69 bits per heavy atom. The maximum Gasteiger partial charge on any atom is 0.309 e. The molecule has 198 valence electrons. The molecule has 3 heteroatoms. The minimum atomic E-state index is -0.487. The smallest absolute Gasteiger partial charge is 0.309 e. The molecule has 0 saturated heterocycles. The van der Waals surface area contributed by atoms with Crippen molar-refractivity contribution in [1.82, 2.24) is 4.98 Å². The molecular weight excluding hydrogens is 442 g/mol. The van der Waals surface area contributed by atoms with Gasteiger partial charge in [-0.05, 0) is 121 Å². The highest BCUT2D eigenvalue weighted by molar-refractivity contribution is 5.76. The van der Waals surface area contributed by atoms with E-state index in [0.717, 1.165) is 32.1 Å². The molecule has 0 radical (unpaired) electrons. The van der Waals surface area contributed by atoms with Crippen molar-refractivity contribution in [2.24, 2.45) is 57.2 Å². The summed E-state index contributed by atoms with van der Waals surface area (Å²) in [5, 5.41) is 10.6. The summed E-state index contributed by atoms with van der Waals surface area (Å²) in [6.07, 6.45) is 12.2. The van der Waals surface area contributed by atoms with Gasteiger partial charge in [-0.2, -0.15) is 0 Å². The summed E-state index contributed by atoms with van der Waals surface area (Å²) < 4.78 is 0. The van der Waals surface area contributed by atoms with E-state index in [4.69, 9.17) is 4.98 Å². The van der Waals surface area contributed by atoms with E-state index >= 15 is 0 Å². The topological polar surface area (TPSA) is 50.2 Å². The first kappa shape index (κ1) is 24.9. The molecule has 1 aromatic rings. The van der Waals surface area contributed by atoms with Gasteiger partial charge in [0, 0.05) is 17.3 Å². The molecule has 36 heavy (non-hydrogen) atoms. The van der Waals surface area contributed by atoms with Gasteiger partial charge in [-0.3, -0.25) is 9.78 Å². The van der Waals surface area contributed by atoms with Gasteiger partial charge in [0.25, 0.3) is 0 Å². The molecule has 0 aliphatic heterocycles. The van der Waals surface area contributed by atoms with Gasteiger partial charge in [0.15, 0.2) is 0 Å². The summed E-state index contributed by atoms with van der Waals surface area (Å²) in [6, 6.07) is 4.48. The van der Waals surface area contributed by atoms with E-state index in [1.54, 1.807) is 0 Å². The third-order valence-corrected chi connectivity index (χ3v) is 14.0. The summed E-state index contributed by atoms with van der Waals surface area (Å²) in [6.45, 7) is 17.5. The molecule has 0 bridgehead atoms. The van der Waals surface area contributed by atoms with Crippen LogP contribution < -0.4 is 0 Å². The summed E-state index contributed by atoms with van der Waals surface area (Å²) in [5.74, 6) is 2.88. The number of hydrogen-bond acceptors (Lipinski definition) is 2. The molecule has 4 fully saturated rings. The highest BCUT2D eigenvalue weighted by Gasteiger charge is 2.72. The van der Waals surface area contributed by atoms with Gasteiger partial charge in [0.2, 0.25) is 0 Å². The van der Waals surface area contributed by atoms with E-state index in [1.807, 2.05) is 6.20 Å². The number of fused-ring (bicyclic) bond motifs is 8. The molecule has 1 N–H and O–H groups in total. The molecule has 0 unspecified atom stereocenters. The SMILES string of the molecule is CC(C)[C@@H]1CC[C@]2(C(=O)O)CC[C@]3(C)[C@H](CC[C@@H]4[C@@]5(C)Cc6cccnc6C(C)(C)[C@@H]5CC[C@]43C)[C@@H]12. The lowest BCUT2D eigenvalue weighted by Gasteiger charge is -2.72. The number of hydrogen-bond donors (Lipinski definition) is 1. The van der Waals surface area contributed by atoms with Crippen molar-refractivity contribution < 1.29 is 9.90 Å². The Kier molecular flexibility index (Phi) is 5.26. The number of carboxylic acid groups (broad SMARTS) is 1. The fourth-order valence-corrected chi connectivity index (χ4v) is 12.3.